The fourth-order valence-electron chi connectivity index (χ4n) is 3.47. The summed E-state index contributed by atoms with van der Waals surface area (Å²) < 4.78 is 10.5. The summed E-state index contributed by atoms with van der Waals surface area (Å²) in [6, 6.07) is 5.41. The van der Waals surface area contributed by atoms with Gasteiger partial charge < -0.3 is 19.4 Å². The van der Waals surface area contributed by atoms with Crippen LogP contribution in [-0.4, -0.2) is 51.5 Å². The van der Waals surface area contributed by atoms with Gasteiger partial charge in [-0.1, -0.05) is 6.07 Å². The fourth-order valence-corrected chi connectivity index (χ4v) is 3.47. The number of hydrogen-bond donors (Lipinski definition) is 1. The van der Waals surface area contributed by atoms with Crippen LogP contribution in [0.5, 0.6) is 11.5 Å². The molecule has 3 heterocycles. The molecule has 1 aliphatic rings. The molecule has 1 aromatic carbocycles. The van der Waals surface area contributed by atoms with Crippen LogP contribution in [0.25, 0.3) is 11.5 Å². The summed E-state index contributed by atoms with van der Waals surface area (Å²) in [4.78, 5) is 42.6. The first-order chi connectivity index (χ1) is 14.6. The molecule has 0 fully saturated rings. The predicted molar refractivity (Wildman–Crippen MR) is 108 cm³/mol. The quantitative estimate of drug-likeness (QED) is 0.680. The zero-order chi connectivity index (χ0) is 21.1. The van der Waals surface area contributed by atoms with Gasteiger partial charge in [0.2, 0.25) is 5.91 Å². The van der Waals surface area contributed by atoms with E-state index in [0.29, 0.717) is 47.2 Å². The number of fused-ring (bicyclic) bond motifs is 1. The number of methoxy groups -OCH3 is 2. The summed E-state index contributed by atoms with van der Waals surface area (Å²) in [5, 5.41) is 0. The molecular formula is C21H21N5O4. The number of nitrogens with zero attached hydrogens (tertiary/aromatic N) is 4. The number of carbonyl (C=O) groups excluding carboxylic acids is 1. The van der Waals surface area contributed by atoms with E-state index in [2.05, 4.69) is 19.9 Å². The standard InChI is InChI=1S/C21H21N5O4/c1-29-17-4-3-13(9-18(17)30-2)10-19(27)26-8-5-14-16(12-26)24-20(25-21(14)28)15-11-22-6-7-23-15/h3-4,6-7,9,11H,5,8,10,12H2,1-2H3,(H,24,25,28). The molecule has 3 aromatic rings. The van der Waals surface area contributed by atoms with Gasteiger partial charge in [0.05, 0.1) is 39.1 Å². The monoisotopic (exact) mass is 407 g/mol. The Morgan fingerprint density at radius 2 is 2.03 bits per heavy atom. The molecule has 9 nitrogen and oxygen atoms in total. The lowest BCUT2D eigenvalue weighted by Gasteiger charge is -2.28. The molecule has 0 bridgehead atoms. The van der Waals surface area contributed by atoms with Crippen molar-refractivity contribution in [2.24, 2.45) is 0 Å². The first kappa shape index (κ1) is 19.6. The Kier molecular flexibility index (Phi) is 5.42. The molecule has 1 aliphatic heterocycles. The fraction of sp³-hybridized carbons (Fsp3) is 0.286. The summed E-state index contributed by atoms with van der Waals surface area (Å²) in [6.07, 6.45) is 5.29. The van der Waals surface area contributed by atoms with Gasteiger partial charge in [0.25, 0.3) is 5.56 Å². The van der Waals surface area contributed by atoms with Crippen LogP contribution in [-0.2, 0) is 24.2 Å². The van der Waals surface area contributed by atoms with E-state index in [4.69, 9.17) is 9.47 Å². The number of aromatic nitrogens is 4. The van der Waals surface area contributed by atoms with Gasteiger partial charge in [-0.3, -0.25) is 14.6 Å². The molecule has 9 heteroatoms. The van der Waals surface area contributed by atoms with E-state index < -0.39 is 0 Å². The molecule has 0 saturated heterocycles. The zero-order valence-electron chi connectivity index (χ0n) is 16.7. The first-order valence-corrected chi connectivity index (χ1v) is 9.46. The number of hydrogen-bond acceptors (Lipinski definition) is 7. The van der Waals surface area contributed by atoms with E-state index in [1.54, 1.807) is 37.4 Å². The SMILES string of the molecule is COc1ccc(CC(=O)N2CCc3c(nc(-c4cnccn4)[nH]c3=O)C2)cc1OC. The number of carbonyl (C=O) groups is 1. The second kappa shape index (κ2) is 8.32. The molecule has 1 N–H and O–H groups in total. The van der Waals surface area contributed by atoms with E-state index >= 15 is 0 Å². The maximum atomic E-state index is 12.9. The smallest absolute Gasteiger partial charge is 0.254 e. The average molecular weight is 407 g/mol. The van der Waals surface area contributed by atoms with E-state index in [9.17, 15) is 9.59 Å². The molecule has 0 saturated carbocycles. The Balaban J connectivity index is 1.54. The Morgan fingerprint density at radius 3 is 2.77 bits per heavy atom. The van der Waals surface area contributed by atoms with Crippen LogP contribution in [0, 0.1) is 0 Å². The molecular weight excluding hydrogens is 386 g/mol. The van der Waals surface area contributed by atoms with Crippen LogP contribution in [0.1, 0.15) is 16.8 Å². The summed E-state index contributed by atoms with van der Waals surface area (Å²) in [5.41, 5.74) is 2.30. The van der Waals surface area contributed by atoms with Crippen molar-refractivity contribution in [3.8, 4) is 23.0 Å². The summed E-state index contributed by atoms with van der Waals surface area (Å²) in [7, 11) is 3.13. The van der Waals surface area contributed by atoms with Crippen molar-refractivity contribution in [3.63, 3.8) is 0 Å². The molecule has 1 amide bonds. The van der Waals surface area contributed by atoms with Crippen LogP contribution >= 0.6 is 0 Å². The molecule has 0 spiro atoms. The molecule has 0 unspecified atom stereocenters. The maximum Gasteiger partial charge on any atom is 0.254 e. The van der Waals surface area contributed by atoms with Gasteiger partial charge in [0.15, 0.2) is 17.3 Å². The normalized spacial score (nSPS) is 12.9. The number of rotatable bonds is 5. The Labute approximate surface area is 172 Å². The molecule has 4 rings (SSSR count). The van der Waals surface area contributed by atoms with Gasteiger partial charge in [-0.2, -0.15) is 0 Å². The third-order valence-corrected chi connectivity index (χ3v) is 5.04. The van der Waals surface area contributed by atoms with Gasteiger partial charge in [0, 0.05) is 24.5 Å². The third kappa shape index (κ3) is 3.86. The largest absolute Gasteiger partial charge is 0.493 e. The van der Waals surface area contributed by atoms with Crippen LogP contribution < -0.4 is 15.0 Å². The van der Waals surface area contributed by atoms with Crippen LogP contribution in [0.3, 0.4) is 0 Å². The molecule has 154 valence electrons. The van der Waals surface area contributed by atoms with Crippen molar-refractivity contribution in [3.05, 3.63) is 64.0 Å². The molecule has 0 atom stereocenters. The van der Waals surface area contributed by atoms with Gasteiger partial charge in [-0.05, 0) is 24.1 Å². The van der Waals surface area contributed by atoms with Crippen molar-refractivity contribution in [2.75, 3.05) is 20.8 Å². The highest BCUT2D eigenvalue weighted by atomic mass is 16.5. The van der Waals surface area contributed by atoms with Crippen molar-refractivity contribution >= 4 is 5.91 Å². The van der Waals surface area contributed by atoms with Crippen LogP contribution in [0.2, 0.25) is 0 Å². The van der Waals surface area contributed by atoms with Crippen LogP contribution in [0.15, 0.2) is 41.6 Å². The minimum absolute atomic E-state index is 0.0454. The van der Waals surface area contributed by atoms with Crippen molar-refractivity contribution in [2.45, 2.75) is 19.4 Å². The second-order valence-corrected chi connectivity index (χ2v) is 6.86. The van der Waals surface area contributed by atoms with Crippen molar-refractivity contribution in [1.29, 1.82) is 0 Å². The lowest BCUT2D eigenvalue weighted by molar-refractivity contribution is -0.131. The van der Waals surface area contributed by atoms with Crippen molar-refractivity contribution < 1.29 is 14.3 Å². The Hall–Kier alpha value is -3.75. The first-order valence-electron chi connectivity index (χ1n) is 9.46. The summed E-state index contributed by atoms with van der Waals surface area (Å²) >= 11 is 0. The molecule has 2 aromatic heterocycles. The highest BCUT2D eigenvalue weighted by molar-refractivity contribution is 5.79. The van der Waals surface area contributed by atoms with E-state index in [0.717, 1.165) is 5.56 Å². The zero-order valence-corrected chi connectivity index (χ0v) is 16.7. The number of ether oxygens (including phenoxy) is 2. The highest BCUT2D eigenvalue weighted by Gasteiger charge is 2.25. The minimum atomic E-state index is -0.201. The average Bonchev–Trinajstić information content (AvgIpc) is 2.79. The maximum absolute atomic E-state index is 12.9. The van der Waals surface area contributed by atoms with Gasteiger partial charge in [-0.25, -0.2) is 9.97 Å². The third-order valence-electron chi connectivity index (χ3n) is 5.04. The van der Waals surface area contributed by atoms with Gasteiger partial charge in [-0.15, -0.1) is 0 Å². The number of H-pyrrole nitrogens is 1. The van der Waals surface area contributed by atoms with Crippen molar-refractivity contribution in [1.82, 2.24) is 24.8 Å². The summed E-state index contributed by atoms with van der Waals surface area (Å²) in [5.74, 6) is 1.49. The minimum Gasteiger partial charge on any atom is -0.493 e. The Morgan fingerprint density at radius 1 is 1.20 bits per heavy atom. The second-order valence-electron chi connectivity index (χ2n) is 6.86. The Bertz CT molecular complexity index is 1130. The molecule has 0 radical (unpaired) electrons. The van der Waals surface area contributed by atoms with Crippen LogP contribution in [0.4, 0.5) is 0 Å². The number of aromatic amines is 1. The van der Waals surface area contributed by atoms with Gasteiger partial charge >= 0.3 is 0 Å². The number of nitrogens with one attached hydrogen (secondary N) is 1. The molecule has 30 heavy (non-hydrogen) atoms. The topological polar surface area (TPSA) is 110 Å². The van der Waals surface area contributed by atoms with E-state index in [1.165, 1.54) is 12.4 Å². The number of benzene rings is 1. The lowest BCUT2D eigenvalue weighted by atomic mass is 10.0. The molecule has 0 aliphatic carbocycles. The highest BCUT2D eigenvalue weighted by Crippen LogP contribution is 2.28. The number of amides is 1. The lowest BCUT2D eigenvalue weighted by Crippen LogP contribution is -2.40. The van der Waals surface area contributed by atoms with E-state index in [1.807, 2.05) is 6.07 Å². The predicted octanol–water partition coefficient (Wildman–Crippen LogP) is 1.37. The summed E-state index contributed by atoms with van der Waals surface area (Å²) in [6.45, 7) is 0.743. The van der Waals surface area contributed by atoms with Gasteiger partial charge in [0.1, 0.15) is 5.69 Å². The van der Waals surface area contributed by atoms with E-state index in [-0.39, 0.29) is 24.4 Å².